The number of amides is 1. The predicted molar refractivity (Wildman–Crippen MR) is 323 cm³/mol. The normalized spacial score (nSPS) is 22.7. The summed E-state index contributed by atoms with van der Waals surface area (Å²) in [5.74, 6) is -1.17. The van der Waals surface area contributed by atoms with Gasteiger partial charge in [-0.1, -0.05) is 119 Å². The van der Waals surface area contributed by atoms with Gasteiger partial charge in [-0.25, -0.2) is 19.7 Å². The number of thiazole rings is 1. The highest BCUT2D eigenvalue weighted by Crippen LogP contribution is 2.72. The standard InChI is InChI=1S/C62H77N9O8S2Si/c1-43-47(46-23-24-51(67-52(46)55(73)74)69-28-29-70-42-64-53(49(70)34-69)54(72)68-56-66-48-21-15-16-22-50(48)80-56)33-65-71(43)41-61-36-59(7)35-60(8,37-61)39-62(38-59,40-61)77-31-26-63-27-32-81(75,76)79-58(5,6)25-30-78-82(57(2,3)4,44-17-11-9-12-18-44)45-19-13-10-14-20-45/h9-24,33,42,63H,25-32,34-41H2,1-8H3,(H,73,74)(H,66,68,72). The highest BCUT2D eigenvalue weighted by molar-refractivity contribution is 7.86. The first-order valence-corrected chi connectivity index (χ1v) is 33.0. The molecule has 434 valence electrons. The van der Waals surface area contributed by atoms with Crippen LogP contribution in [0.1, 0.15) is 126 Å². The quantitative estimate of drug-likeness (QED) is 0.0328. The van der Waals surface area contributed by atoms with Crippen molar-refractivity contribution in [3.8, 4) is 11.1 Å². The van der Waals surface area contributed by atoms with E-state index in [1.54, 1.807) is 12.5 Å². The Balaban J connectivity index is 0.700. The van der Waals surface area contributed by atoms with Crippen LogP contribution in [0.2, 0.25) is 5.04 Å². The van der Waals surface area contributed by atoms with E-state index in [0.717, 1.165) is 60.0 Å². The van der Waals surface area contributed by atoms with Gasteiger partial charge in [-0.15, -0.1) is 0 Å². The number of anilines is 2. The summed E-state index contributed by atoms with van der Waals surface area (Å²) in [5, 5.41) is 24.5. The number of aromatic nitrogens is 6. The second kappa shape index (κ2) is 21.8. The molecule has 2 unspecified atom stereocenters. The highest BCUT2D eigenvalue weighted by atomic mass is 32.2. The topological polar surface area (TPSA) is 205 Å². The maximum Gasteiger partial charge on any atom is 0.355 e. The van der Waals surface area contributed by atoms with Gasteiger partial charge in [-0.3, -0.25) is 19.0 Å². The summed E-state index contributed by atoms with van der Waals surface area (Å²) in [7, 11) is -6.67. The molecular weight excluding hydrogens is 1090 g/mol. The van der Waals surface area contributed by atoms with Crippen molar-refractivity contribution < 1.29 is 36.5 Å². The number of nitrogens with zero attached hydrogens (tertiary/aromatic N) is 7. The number of para-hydroxylation sites is 1. The Morgan fingerprint density at radius 2 is 1.48 bits per heavy atom. The second-order valence-electron chi connectivity index (χ2n) is 26.1. The average molecular weight is 1170 g/mol. The summed E-state index contributed by atoms with van der Waals surface area (Å²) in [6.07, 6.45) is 9.88. The summed E-state index contributed by atoms with van der Waals surface area (Å²) in [5.41, 5.74) is 2.58. The maximum atomic E-state index is 13.6. The first kappa shape index (κ1) is 57.7. The lowest BCUT2D eigenvalue weighted by Gasteiger charge is -2.69. The minimum Gasteiger partial charge on any atom is -0.476 e. The minimum absolute atomic E-state index is 0.0640. The predicted octanol–water partition coefficient (Wildman–Crippen LogP) is 9.85. The molecule has 4 saturated carbocycles. The van der Waals surface area contributed by atoms with Crippen molar-refractivity contribution in [3.05, 3.63) is 132 Å². The third-order valence-electron chi connectivity index (χ3n) is 17.6. The summed E-state index contributed by atoms with van der Waals surface area (Å²) in [6.45, 7) is 20.7. The fraction of sp³-hybridized carbons (Fsp3) is 0.484. The fourth-order valence-corrected chi connectivity index (χ4v) is 22.0. The number of pyridine rings is 1. The van der Waals surface area contributed by atoms with Crippen molar-refractivity contribution in [2.75, 3.05) is 48.8 Å². The average Bonchev–Trinajstić information content (AvgIpc) is 2.12. The Morgan fingerprint density at radius 1 is 0.793 bits per heavy atom. The number of ether oxygens (including phenoxy) is 1. The number of benzene rings is 3. The van der Waals surface area contributed by atoms with Crippen molar-refractivity contribution in [1.82, 2.24) is 34.6 Å². The van der Waals surface area contributed by atoms with E-state index in [2.05, 4.69) is 108 Å². The Kier molecular flexibility index (Phi) is 15.3. The molecule has 12 rings (SSSR count). The zero-order chi connectivity index (χ0) is 57.9. The molecule has 20 heteroatoms. The van der Waals surface area contributed by atoms with E-state index >= 15 is 0 Å². The lowest BCUT2D eigenvalue weighted by molar-refractivity contribution is -0.247. The van der Waals surface area contributed by atoms with Crippen LogP contribution in [-0.4, -0.2) is 113 Å². The molecule has 0 radical (unpaired) electrons. The van der Waals surface area contributed by atoms with Gasteiger partial charge in [0.2, 0.25) is 0 Å². The summed E-state index contributed by atoms with van der Waals surface area (Å²) in [6, 6.07) is 32.2. The molecule has 17 nitrogen and oxygen atoms in total. The van der Waals surface area contributed by atoms with Crippen LogP contribution in [0.5, 0.6) is 0 Å². The molecule has 3 N–H and O–H groups in total. The Labute approximate surface area is 486 Å². The van der Waals surface area contributed by atoms with E-state index in [1.807, 2.05) is 78.8 Å². The largest absolute Gasteiger partial charge is 0.476 e. The fourth-order valence-electron chi connectivity index (χ4n) is 15.4. The van der Waals surface area contributed by atoms with Crippen molar-refractivity contribution in [3.63, 3.8) is 0 Å². The molecule has 5 heterocycles. The molecule has 3 aromatic carbocycles. The number of rotatable bonds is 22. The van der Waals surface area contributed by atoms with Crippen LogP contribution in [0.25, 0.3) is 21.3 Å². The van der Waals surface area contributed by atoms with Crippen molar-refractivity contribution in [1.29, 1.82) is 0 Å². The Bertz CT molecular complexity index is 3530. The van der Waals surface area contributed by atoms with Gasteiger partial charge in [0.05, 0.1) is 58.5 Å². The number of carboxylic acids is 1. The zero-order valence-corrected chi connectivity index (χ0v) is 51.1. The van der Waals surface area contributed by atoms with Crippen molar-refractivity contribution >= 4 is 73.2 Å². The number of aromatic carboxylic acids is 1. The molecule has 4 aromatic heterocycles. The van der Waals surface area contributed by atoms with Gasteiger partial charge >= 0.3 is 5.97 Å². The number of imidazole rings is 1. The van der Waals surface area contributed by atoms with Crippen LogP contribution in [0, 0.1) is 23.2 Å². The SMILES string of the molecule is Cc1c(-c2ccc(N3CCn4cnc(C(=O)Nc5nc6ccccc6s5)c4C3)nc2C(=O)O)cnn1CC12CC3(C)CC(C)(C1)CC(OCCNCCS(=O)(=O)OC(C)(C)CCO[Si](c1ccccc1)(c1ccccc1)C(C)(C)C)(C3)C2. The molecule has 82 heavy (non-hydrogen) atoms. The van der Waals surface area contributed by atoms with Crippen LogP contribution in [0.15, 0.2) is 110 Å². The Morgan fingerprint density at radius 3 is 2.15 bits per heavy atom. The van der Waals surface area contributed by atoms with Gasteiger partial charge in [0.15, 0.2) is 16.5 Å². The third kappa shape index (κ3) is 11.6. The van der Waals surface area contributed by atoms with Crippen LogP contribution in [0.3, 0.4) is 0 Å². The first-order valence-electron chi connectivity index (χ1n) is 28.7. The summed E-state index contributed by atoms with van der Waals surface area (Å²) < 4.78 is 51.9. The number of nitrogens with one attached hydrogen (secondary N) is 2. The number of hydrogen-bond donors (Lipinski definition) is 3. The molecule has 2 atom stereocenters. The minimum atomic E-state index is -3.88. The summed E-state index contributed by atoms with van der Waals surface area (Å²) in [4.78, 5) is 42.4. The number of hydrogen-bond acceptors (Lipinski definition) is 14. The number of carbonyl (C=O) groups excluding carboxylic acids is 1. The van der Waals surface area contributed by atoms with Crippen molar-refractivity contribution in [2.24, 2.45) is 16.2 Å². The maximum absolute atomic E-state index is 13.6. The molecule has 0 spiro atoms. The smallest absolute Gasteiger partial charge is 0.355 e. The number of carboxylic acid groups (broad SMARTS) is 1. The lowest BCUT2D eigenvalue weighted by atomic mass is 9.39. The van der Waals surface area contributed by atoms with E-state index in [0.29, 0.717) is 74.6 Å². The van der Waals surface area contributed by atoms with Gasteiger partial charge in [0, 0.05) is 56.2 Å². The molecule has 0 saturated heterocycles. The van der Waals surface area contributed by atoms with Gasteiger partial charge in [-0.2, -0.15) is 13.5 Å². The third-order valence-corrected chi connectivity index (χ3v) is 25.0. The van der Waals surface area contributed by atoms with Crippen LogP contribution < -0.4 is 25.9 Å². The zero-order valence-electron chi connectivity index (χ0n) is 48.5. The monoisotopic (exact) mass is 1170 g/mol. The van der Waals surface area contributed by atoms with Gasteiger partial charge in [0.25, 0.3) is 24.3 Å². The molecular formula is C62H77N9O8S2Si. The van der Waals surface area contributed by atoms with Crippen LogP contribution in [0.4, 0.5) is 10.9 Å². The highest BCUT2D eigenvalue weighted by Gasteiger charge is 2.66. The van der Waals surface area contributed by atoms with Crippen molar-refractivity contribution in [2.45, 2.75) is 136 Å². The lowest BCUT2D eigenvalue weighted by Crippen LogP contribution is -2.66. The van der Waals surface area contributed by atoms with E-state index in [4.69, 9.17) is 23.4 Å². The van der Waals surface area contributed by atoms with Crippen LogP contribution in [-0.2, 0) is 43.1 Å². The van der Waals surface area contributed by atoms with E-state index in [-0.39, 0.29) is 56.5 Å². The molecule has 1 aliphatic heterocycles. The van der Waals surface area contributed by atoms with Gasteiger partial charge < -0.3 is 29.1 Å². The van der Waals surface area contributed by atoms with E-state index in [9.17, 15) is 23.1 Å². The van der Waals surface area contributed by atoms with Crippen LogP contribution >= 0.6 is 11.3 Å². The Hall–Kier alpha value is -6.13. The molecule has 5 aliphatic rings. The molecule has 4 fully saturated rings. The first-order chi connectivity index (χ1) is 38.9. The molecule has 4 aliphatic carbocycles. The number of fused-ring (bicyclic) bond motifs is 2. The molecule has 7 aromatic rings. The van der Waals surface area contributed by atoms with E-state index < -0.39 is 30.0 Å². The summed E-state index contributed by atoms with van der Waals surface area (Å²) >= 11 is 1.40. The second-order valence-corrected chi connectivity index (χ2v) is 33.1. The molecule has 1 amide bonds. The van der Waals surface area contributed by atoms with Gasteiger partial charge in [-0.05, 0) is 122 Å². The number of carbonyl (C=O) groups is 2. The van der Waals surface area contributed by atoms with Gasteiger partial charge in [0.1, 0.15) is 5.82 Å². The van der Waals surface area contributed by atoms with E-state index in [1.165, 1.54) is 21.7 Å². The molecule has 4 bridgehead atoms.